The maximum atomic E-state index is 12.0. The van der Waals surface area contributed by atoms with Crippen molar-refractivity contribution in [2.24, 2.45) is 0 Å². The Morgan fingerprint density at radius 1 is 1.43 bits per heavy atom. The minimum Gasteiger partial charge on any atom is -0.346 e. The third-order valence-corrected chi connectivity index (χ3v) is 3.26. The topological polar surface area (TPSA) is 85.1 Å². The third-order valence-electron chi connectivity index (χ3n) is 2.94. The van der Waals surface area contributed by atoms with E-state index in [9.17, 15) is 14.9 Å². The summed E-state index contributed by atoms with van der Waals surface area (Å²) < 4.78 is 0. The van der Waals surface area contributed by atoms with Gasteiger partial charge in [0.25, 0.3) is 11.6 Å². The van der Waals surface area contributed by atoms with Crippen LogP contribution in [0.3, 0.4) is 0 Å². The van der Waals surface area contributed by atoms with E-state index in [1.54, 1.807) is 6.20 Å². The molecule has 0 aliphatic rings. The summed E-state index contributed by atoms with van der Waals surface area (Å²) in [5.74, 6) is -0.403. The van der Waals surface area contributed by atoms with Gasteiger partial charge in [0.2, 0.25) is 0 Å². The number of nitrogens with zero attached hydrogens (tertiary/aromatic N) is 2. The average molecular weight is 306 g/mol. The van der Waals surface area contributed by atoms with Gasteiger partial charge in [-0.05, 0) is 24.6 Å². The lowest BCUT2D eigenvalue weighted by atomic mass is 10.1. The molecule has 2 rings (SSSR count). The summed E-state index contributed by atoms with van der Waals surface area (Å²) in [5, 5.41) is 13.4. The molecule has 7 heteroatoms. The Morgan fingerprint density at radius 3 is 2.81 bits per heavy atom. The lowest BCUT2D eigenvalue weighted by molar-refractivity contribution is -0.384. The fourth-order valence-corrected chi connectivity index (χ4v) is 2.03. The van der Waals surface area contributed by atoms with E-state index in [2.05, 4.69) is 10.3 Å². The van der Waals surface area contributed by atoms with Gasteiger partial charge in [-0.15, -0.1) is 0 Å². The second-order valence-electron chi connectivity index (χ2n) is 4.37. The molecule has 0 spiro atoms. The van der Waals surface area contributed by atoms with Crippen LogP contribution >= 0.6 is 11.6 Å². The van der Waals surface area contributed by atoms with Gasteiger partial charge in [0.05, 0.1) is 27.7 Å². The highest BCUT2D eigenvalue weighted by molar-refractivity contribution is 6.34. The van der Waals surface area contributed by atoms with Gasteiger partial charge in [-0.3, -0.25) is 19.9 Å². The first-order chi connectivity index (χ1) is 9.99. The lowest BCUT2D eigenvalue weighted by Gasteiger charge is -2.08. The van der Waals surface area contributed by atoms with Crippen LogP contribution in [0.5, 0.6) is 0 Å². The lowest BCUT2D eigenvalue weighted by Crippen LogP contribution is -2.24. The Morgan fingerprint density at radius 2 is 2.19 bits per heavy atom. The number of benzene rings is 1. The maximum absolute atomic E-state index is 12.0. The Labute approximate surface area is 125 Å². The summed E-state index contributed by atoms with van der Waals surface area (Å²) in [5.41, 5.74) is 1.75. The van der Waals surface area contributed by atoms with Gasteiger partial charge in [0.1, 0.15) is 0 Å². The Balaban J connectivity index is 2.11. The SMILES string of the molecule is Cc1cccnc1CNC(=O)c1ccc([N+](=O)[O-])cc1Cl. The van der Waals surface area contributed by atoms with Gasteiger partial charge in [-0.25, -0.2) is 0 Å². The number of carbonyl (C=O) groups excluding carboxylic acids is 1. The van der Waals surface area contributed by atoms with E-state index < -0.39 is 10.8 Å². The van der Waals surface area contributed by atoms with Gasteiger partial charge < -0.3 is 5.32 Å². The molecule has 21 heavy (non-hydrogen) atoms. The van der Waals surface area contributed by atoms with Crippen LogP contribution in [0.25, 0.3) is 0 Å². The van der Waals surface area contributed by atoms with Gasteiger partial charge in [0.15, 0.2) is 0 Å². The molecule has 0 aliphatic carbocycles. The van der Waals surface area contributed by atoms with Gasteiger partial charge in [0, 0.05) is 18.3 Å². The largest absolute Gasteiger partial charge is 0.346 e. The Bertz CT molecular complexity index is 704. The first-order valence-electron chi connectivity index (χ1n) is 6.11. The summed E-state index contributed by atoms with van der Waals surface area (Å²) in [6.07, 6.45) is 1.65. The molecule has 1 amide bonds. The number of nitro benzene ring substituents is 1. The van der Waals surface area contributed by atoms with Crippen LogP contribution in [0, 0.1) is 17.0 Å². The highest BCUT2D eigenvalue weighted by Crippen LogP contribution is 2.22. The molecular weight excluding hydrogens is 294 g/mol. The quantitative estimate of drug-likeness (QED) is 0.695. The van der Waals surface area contributed by atoms with Crippen molar-refractivity contribution in [2.75, 3.05) is 0 Å². The molecule has 0 saturated heterocycles. The zero-order chi connectivity index (χ0) is 15.4. The zero-order valence-corrected chi connectivity index (χ0v) is 11.9. The molecule has 1 aromatic heterocycles. The second kappa shape index (κ2) is 6.32. The normalized spacial score (nSPS) is 10.2. The number of non-ortho nitro benzene ring substituents is 1. The highest BCUT2D eigenvalue weighted by atomic mass is 35.5. The molecule has 0 radical (unpaired) electrons. The first-order valence-corrected chi connectivity index (χ1v) is 6.49. The Kier molecular flexibility index (Phi) is 4.49. The summed E-state index contributed by atoms with van der Waals surface area (Å²) in [6.45, 7) is 2.16. The number of hydrogen-bond donors (Lipinski definition) is 1. The van der Waals surface area contributed by atoms with Crippen molar-refractivity contribution in [2.45, 2.75) is 13.5 Å². The van der Waals surface area contributed by atoms with Crippen LogP contribution in [-0.4, -0.2) is 15.8 Å². The van der Waals surface area contributed by atoms with E-state index in [4.69, 9.17) is 11.6 Å². The minimum absolute atomic E-state index is 0.0412. The van der Waals surface area contributed by atoms with Crippen molar-refractivity contribution in [1.29, 1.82) is 0 Å². The number of aromatic nitrogens is 1. The smallest absolute Gasteiger partial charge is 0.270 e. The standard InChI is InChI=1S/C14H12ClN3O3/c1-9-3-2-6-16-13(9)8-17-14(19)11-5-4-10(18(20)21)7-12(11)15/h2-7H,8H2,1H3,(H,17,19). The number of hydrogen-bond acceptors (Lipinski definition) is 4. The van der Waals surface area contributed by atoms with Crippen molar-refractivity contribution in [3.63, 3.8) is 0 Å². The van der Waals surface area contributed by atoms with E-state index in [1.807, 2.05) is 19.1 Å². The molecule has 2 aromatic rings. The molecule has 1 N–H and O–H groups in total. The maximum Gasteiger partial charge on any atom is 0.270 e. The summed E-state index contributed by atoms with van der Waals surface area (Å²) in [7, 11) is 0. The van der Waals surface area contributed by atoms with Crippen molar-refractivity contribution in [3.05, 3.63) is 68.5 Å². The molecule has 108 valence electrons. The number of nitro groups is 1. The van der Waals surface area contributed by atoms with Gasteiger partial charge >= 0.3 is 0 Å². The summed E-state index contributed by atoms with van der Waals surface area (Å²) in [4.78, 5) is 26.3. The molecule has 0 bridgehead atoms. The first kappa shape index (κ1) is 14.9. The van der Waals surface area contributed by atoms with Crippen LogP contribution in [0.1, 0.15) is 21.6 Å². The number of aryl methyl sites for hydroxylation is 1. The van der Waals surface area contributed by atoms with Crippen LogP contribution < -0.4 is 5.32 Å². The Hall–Kier alpha value is -2.47. The molecule has 1 heterocycles. The van der Waals surface area contributed by atoms with Crippen LogP contribution in [0.4, 0.5) is 5.69 Å². The molecular formula is C14H12ClN3O3. The number of rotatable bonds is 4. The molecule has 1 aromatic carbocycles. The van der Waals surface area contributed by atoms with Crippen molar-refractivity contribution >= 4 is 23.2 Å². The van der Waals surface area contributed by atoms with Crippen LogP contribution in [0.2, 0.25) is 5.02 Å². The number of carbonyl (C=O) groups is 1. The third kappa shape index (κ3) is 3.55. The van der Waals surface area contributed by atoms with Crippen molar-refractivity contribution in [3.8, 4) is 0 Å². The molecule has 0 aliphatic heterocycles. The van der Waals surface area contributed by atoms with E-state index in [0.29, 0.717) is 0 Å². The molecule has 6 nitrogen and oxygen atoms in total. The predicted molar refractivity (Wildman–Crippen MR) is 78.3 cm³/mol. The number of amides is 1. The fraction of sp³-hybridized carbons (Fsp3) is 0.143. The van der Waals surface area contributed by atoms with Crippen LogP contribution in [-0.2, 0) is 6.54 Å². The number of nitrogens with one attached hydrogen (secondary N) is 1. The minimum atomic E-state index is -0.565. The summed E-state index contributed by atoms with van der Waals surface area (Å²) >= 11 is 5.90. The zero-order valence-electron chi connectivity index (χ0n) is 11.2. The monoisotopic (exact) mass is 305 g/mol. The second-order valence-corrected chi connectivity index (χ2v) is 4.78. The van der Waals surface area contributed by atoms with E-state index in [-0.39, 0.29) is 22.8 Å². The summed E-state index contributed by atoms with van der Waals surface area (Å²) in [6, 6.07) is 7.44. The molecule has 0 fully saturated rings. The number of halogens is 1. The molecule has 0 saturated carbocycles. The van der Waals surface area contributed by atoms with E-state index in [0.717, 1.165) is 17.3 Å². The molecule has 0 atom stereocenters. The highest BCUT2D eigenvalue weighted by Gasteiger charge is 2.15. The van der Waals surface area contributed by atoms with Crippen LogP contribution in [0.15, 0.2) is 36.5 Å². The van der Waals surface area contributed by atoms with Crippen molar-refractivity contribution < 1.29 is 9.72 Å². The number of pyridine rings is 1. The van der Waals surface area contributed by atoms with E-state index in [1.165, 1.54) is 12.1 Å². The molecule has 0 unspecified atom stereocenters. The van der Waals surface area contributed by atoms with Crippen molar-refractivity contribution in [1.82, 2.24) is 10.3 Å². The van der Waals surface area contributed by atoms with Gasteiger partial charge in [-0.2, -0.15) is 0 Å². The predicted octanol–water partition coefficient (Wildman–Crippen LogP) is 2.88. The van der Waals surface area contributed by atoms with Gasteiger partial charge in [-0.1, -0.05) is 17.7 Å². The fourth-order valence-electron chi connectivity index (χ4n) is 1.76. The van der Waals surface area contributed by atoms with E-state index >= 15 is 0 Å². The average Bonchev–Trinajstić information content (AvgIpc) is 2.46.